The van der Waals surface area contributed by atoms with Gasteiger partial charge < -0.3 is 4.98 Å². The van der Waals surface area contributed by atoms with Gasteiger partial charge >= 0.3 is 0 Å². The van der Waals surface area contributed by atoms with Gasteiger partial charge in [-0.15, -0.1) is 0 Å². The number of aromatic amines is 1. The molecule has 0 radical (unpaired) electrons. The number of rotatable bonds is 6. The number of hydrogen-bond donors (Lipinski definition) is 1. The number of nitrogens with one attached hydrogen (secondary N) is 1. The van der Waals surface area contributed by atoms with E-state index in [2.05, 4.69) is 4.98 Å². The first-order valence-corrected chi connectivity index (χ1v) is 12.0. The Hall–Kier alpha value is -3.29. The standard InChI is InChI=1S/C26H25FN2O3S/c1-17-4-12-23(13-5-17)33(31,32)29(15-20-8-10-22(27)11-9-20)16-21-14-24-18(2)6-7-19(3)25(24)28-26(21)30/h4-14H,15-16H2,1-3H3,(H,28,30). The zero-order valence-corrected chi connectivity index (χ0v) is 19.5. The molecule has 3 aromatic carbocycles. The van der Waals surface area contributed by atoms with E-state index in [9.17, 15) is 17.6 Å². The first-order chi connectivity index (χ1) is 15.6. The summed E-state index contributed by atoms with van der Waals surface area (Å²) in [6, 6.07) is 17.9. The van der Waals surface area contributed by atoms with E-state index in [0.717, 1.165) is 27.6 Å². The van der Waals surface area contributed by atoms with Gasteiger partial charge in [0.1, 0.15) is 5.82 Å². The Morgan fingerprint density at radius 2 is 1.48 bits per heavy atom. The molecule has 0 saturated heterocycles. The molecule has 0 saturated carbocycles. The summed E-state index contributed by atoms with van der Waals surface area (Å²) in [4.78, 5) is 16.0. The third kappa shape index (κ3) is 4.74. The number of aryl methyl sites for hydroxylation is 3. The lowest BCUT2D eigenvalue weighted by atomic mass is 10.0. The van der Waals surface area contributed by atoms with Gasteiger partial charge in [-0.1, -0.05) is 42.0 Å². The normalized spacial score (nSPS) is 11.9. The van der Waals surface area contributed by atoms with Crippen LogP contribution in [0.3, 0.4) is 0 Å². The van der Waals surface area contributed by atoms with E-state index in [0.29, 0.717) is 11.1 Å². The Kier molecular flexibility index (Phi) is 6.19. The fraction of sp³-hybridized carbons (Fsp3) is 0.192. The van der Waals surface area contributed by atoms with Crippen LogP contribution in [0.2, 0.25) is 0 Å². The van der Waals surface area contributed by atoms with E-state index in [-0.39, 0.29) is 23.5 Å². The summed E-state index contributed by atoms with van der Waals surface area (Å²) in [5, 5.41) is 0.874. The van der Waals surface area contributed by atoms with E-state index < -0.39 is 15.8 Å². The smallest absolute Gasteiger partial charge is 0.252 e. The molecule has 0 amide bonds. The third-order valence-corrected chi connectivity index (χ3v) is 7.60. The predicted octanol–water partition coefficient (Wildman–Crippen LogP) is 4.98. The molecule has 0 fully saturated rings. The summed E-state index contributed by atoms with van der Waals surface area (Å²) in [6.07, 6.45) is 0. The zero-order chi connectivity index (χ0) is 23.8. The van der Waals surface area contributed by atoms with Crippen LogP contribution in [0, 0.1) is 26.6 Å². The van der Waals surface area contributed by atoms with Gasteiger partial charge in [0, 0.05) is 24.0 Å². The second kappa shape index (κ2) is 8.92. The SMILES string of the molecule is Cc1ccc(S(=O)(=O)N(Cc2ccc(F)cc2)Cc2cc3c(C)ccc(C)c3[nH]c2=O)cc1. The maximum atomic E-state index is 13.6. The number of pyridine rings is 1. The minimum atomic E-state index is -3.93. The maximum absolute atomic E-state index is 13.6. The largest absolute Gasteiger partial charge is 0.321 e. The van der Waals surface area contributed by atoms with Gasteiger partial charge in [-0.05, 0) is 67.8 Å². The van der Waals surface area contributed by atoms with E-state index in [1.165, 1.54) is 16.4 Å². The van der Waals surface area contributed by atoms with Crippen molar-refractivity contribution in [3.05, 3.63) is 111 Å². The van der Waals surface area contributed by atoms with Gasteiger partial charge in [0.2, 0.25) is 10.0 Å². The molecule has 4 aromatic rings. The molecule has 4 rings (SSSR count). The zero-order valence-electron chi connectivity index (χ0n) is 18.7. The molecule has 0 aliphatic rings. The second-order valence-corrected chi connectivity index (χ2v) is 10.3. The summed E-state index contributed by atoms with van der Waals surface area (Å²) in [5.41, 5.74) is 4.24. The number of hydrogen-bond acceptors (Lipinski definition) is 3. The van der Waals surface area contributed by atoms with Crippen LogP contribution in [0.4, 0.5) is 4.39 Å². The molecular formula is C26H25FN2O3S. The Bertz CT molecular complexity index is 1480. The minimum absolute atomic E-state index is 0.000760. The van der Waals surface area contributed by atoms with Gasteiger partial charge in [0.05, 0.1) is 10.4 Å². The van der Waals surface area contributed by atoms with Crippen molar-refractivity contribution in [3.63, 3.8) is 0 Å². The van der Waals surface area contributed by atoms with Crippen LogP contribution in [0.15, 0.2) is 76.4 Å². The molecule has 0 aliphatic carbocycles. The summed E-state index contributed by atoms with van der Waals surface area (Å²) >= 11 is 0. The Morgan fingerprint density at radius 3 is 2.15 bits per heavy atom. The molecule has 0 atom stereocenters. The molecule has 0 bridgehead atoms. The number of halogens is 1. The quantitative estimate of drug-likeness (QED) is 0.437. The van der Waals surface area contributed by atoms with Crippen molar-refractivity contribution >= 4 is 20.9 Å². The monoisotopic (exact) mass is 464 g/mol. The van der Waals surface area contributed by atoms with E-state index in [4.69, 9.17) is 0 Å². The highest BCUT2D eigenvalue weighted by atomic mass is 32.2. The molecule has 0 spiro atoms. The highest BCUT2D eigenvalue weighted by Gasteiger charge is 2.26. The molecule has 0 aliphatic heterocycles. The summed E-state index contributed by atoms with van der Waals surface area (Å²) < 4.78 is 41.8. The highest BCUT2D eigenvalue weighted by molar-refractivity contribution is 7.89. The number of sulfonamides is 1. The first-order valence-electron chi connectivity index (χ1n) is 10.6. The van der Waals surface area contributed by atoms with Crippen molar-refractivity contribution < 1.29 is 12.8 Å². The van der Waals surface area contributed by atoms with Crippen molar-refractivity contribution in [2.45, 2.75) is 38.8 Å². The van der Waals surface area contributed by atoms with Gasteiger partial charge in [-0.25, -0.2) is 12.8 Å². The molecular weight excluding hydrogens is 439 g/mol. The average molecular weight is 465 g/mol. The van der Waals surface area contributed by atoms with Gasteiger partial charge in [0.25, 0.3) is 5.56 Å². The van der Waals surface area contributed by atoms with E-state index in [1.54, 1.807) is 42.5 Å². The third-order valence-electron chi connectivity index (χ3n) is 5.80. The molecule has 0 unspecified atom stereocenters. The van der Waals surface area contributed by atoms with Gasteiger partial charge in [-0.3, -0.25) is 4.79 Å². The number of nitrogens with zero attached hydrogens (tertiary/aromatic N) is 1. The Balaban J connectivity index is 1.80. The van der Waals surface area contributed by atoms with Crippen LogP contribution in [0.1, 0.15) is 27.8 Å². The van der Waals surface area contributed by atoms with E-state index >= 15 is 0 Å². The summed E-state index contributed by atoms with van der Waals surface area (Å²) in [6.45, 7) is 5.63. The van der Waals surface area contributed by atoms with Crippen LogP contribution in [0.25, 0.3) is 10.9 Å². The predicted molar refractivity (Wildman–Crippen MR) is 128 cm³/mol. The Morgan fingerprint density at radius 1 is 0.848 bits per heavy atom. The van der Waals surface area contributed by atoms with Crippen LogP contribution >= 0.6 is 0 Å². The lowest BCUT2D eigenvalue weighted by Gasteiger charge is -2.23. The van der Waals surface area contributed by atoms with Crippen molar-refractivity contribution in [3.8, 4) is 0 Å². The van der Waals surface area contributed by atoms with Crippen LogP contribution in [-0.4, -0.2) is 17.7 Å². The van der Waals surface area contributed by atoms with Crippen LogP contribution in [0.5, 0.6) is 0 Å². The van der Waals surface area contributed by atoms with Crippen molar-refractivity contribution in [1.82, 2.24) is 9.29 Å². The van der Waals surface area contributed by atoms with Crippen molar-refractivity contribution in [2.24, 2.45) is 0 Å². The summed E-state index contributed by atoms with van der Waals surface area (Å²) in [7, 11) is -3.93. The molecule has 7 heteroatoms. The number of H-pyrrole nitrogens is 1. The molecule has 5 nitrogen and oxygen atoms in total. The van der Waals surface area contributed by atoms with E-state index in [1.807, 2.05) is 32.9 Å². The molecule has 1 heterocycles. The fourth-order valence-electron chi connectivity index (χ4n) is 3.80. The topological polar surface area (TPSA) is 70.2 Å². The van der Waals surface area contributed by atoms with Crippen molar-refractivity contribution in [1.29, 1.82) is 0 Å². The Labute approximate surface area is 192 Å². The van der Waals surface area contributed by atoms with Gasteiger partial charge in [-0.2, -0.15) is 4.31 Å². The lowest BCUT2D eigenvalue weighted by Crippen LogP contribution is -2.32. The molecule has 1 N–H and O–H groups in total. The second-order valence-electron chi connectivity index (χ2n) is 8.32. The van der Waals surface area contributed by atoms with Gasteiger partial charge in [0.15, 0.2) is 0 Å². The number of fused-ring (bicyclic) bond motifs is 1. The number of benzene rings is 3. The van der Waals surface area contributed by atoms with Crippen LogP contribution < -0.4 is 5.56 Å². The first kappa shape index (κ1) is 22.9. The number of aromatic nitrogens is 1. The molecule has 1 aromatic heterocycles. The highest BCUT2D eigenvalue weighted by Crippen LogP contribution is 2.24. The lowest BCUT2D eigenvalue weighted by molar-refractivity contribution is 0.399. The van der Waals surface area contributed by atoms with Crippen LogP contribution in [-0.2, 0) is 23.1 Å². The molecule has 170 valence electrons. The fourth-order valence-corrected chi connectivity index (χ4v) is 5.21. The maximum Gasteiger partial charge on any atom is 0.252 e. The van der Waals surface area contributed by atoms with Crippen molar-refractivity contribution in [2.75, 3.05) is 0 Å². The molecule has 33 heavy (non-hydrogen) atoms. The average Bonchev–Trinajstić information content (AvgIpc) is 2.78. The minimum Gasteiger partial charge on any atom is -0.321 e. The summed E-state index contributed by atoms with van der Waals surface area (Å²) in [5.74, 6) is -0.400.